The number of aromatic nitrogens is 16. The van der Waals surface area contributed by atoms with E-state index in [1.807, 2.05) is 121 Å². The minimum Gasteiger partial charge on any atom is -0.323 e. The molecule has 8 heterocycles. The lowest BCUT2D eigenvalue weighted by Gasteiger charge is -2.19. The number of nitrogens with zero attached hydrogens (tertiary/aromatic N) is 12. The van der Waals surface area contributed by atoms with Gasteiger partial charge in [-0.2, -0.15) is 33.6 Å². The summed E-state index contributed by atoms with van der Waals surface area (Å²) in [5.74, 6) is 4.98. The van der Waals surface area contributed by atoms with E-state index in [4.69, 9.17) is 54.7 Å². The van der Waals surface area contributed by atoms with Crippen molar-refractivity contribution >= 4 is 125 Å². The number of alkyl halides is 3. The number of hydrogen-bond donors (Lipinski definition) is 8. The summed E-state index contributed by atoms with van der Waals surface area (Å²) in [7, 11) is 0. The van der Waals surface area contributed by atoms with Crippen molar-refractivity contribution in [1.82, 2.24) is 80.7 Å². The van der Waals surface area contributed by atoms with Crippen LogP contribution in [0.3, 0.4) is 0 Å². The number of halogens is 9. The number of aromatic amines is 4. The van der Waals surface area contributed by atoms with Crippen LogP contribution in [0.2, 0.25) is 15.1 Å². The summed E-state index contributed by atoms with van der Waals surface area (Å²) >= 11 is 19.0. The fourth-order valence-electron chi connectivity index (χ4n) is 14.8. The first-order valence-electron chi connectivity index (χ1n) is 37.0. The summed E-state index contributed by atoms with van der Waals surface area (Å²) < 4.78 is 82.7. The third kappa shape index (κ3) is 15.4. The molecule has 0 aliphatic heterocycles. The Bertz CT molecular complexity index is 6280. The molecular weight excluding hydrogens is 1510 g/mol. The Morgan fingerprint density at radius 2 is 0.646 bits per heavy atom. The van der Waals surface area contributed by atoms with Crippen LogP contribution < -0.4 is 21.3 Å². The molecule has 0 radical (unpaired) electrons. The van der Waals surface area contributed by atoms with Crippen LogP contribution in [0.25, 0.3) is 89.2 Å². The fourth-order valence-corrected chi connectivity index (χ4v) is 15.5. The zero-order chi connectivity index (χ0) is 77.3. The molecule has 0 saturated heterocycles. The summed E-state index contributed by atoms with van der Waals surface area (Å²) in [6.07, 6.45) is 9.65. The van der Waals surface area contributed by atoms with Gasteiger partial charge in [0, 0.05) is 89.5 Å². The van der Waals surface area contributed by atoms with Crippen LogP contribution in [0.5, 0.6) is 0 Å². The van der Waals surface area contributed by atoms with E-state index in [0.717, 1.165) is 198 Å². The number of rotatable bonds is 12. The Hall–Kier alpha value is -12.4. The van der Waals surface area contributed by atoms with Crippen molar-refractivity contribution in [2.45, 2.75) is 102 Å². The smallest absolute Gasteiger partial charge is 0.323 e. The molecule has 0 spiro atoms. The molecule has 29 heteroatoms. The normalized spacial score (nSPS) is 13.5. The zero-order valence-electron chi connectivity index (χ0n) is 60.1. The lowest BCUT2D eigenvalue weighted by Crippen LogP contribution is -2.13. The topological polar surface area (TPSA) is 266 Å². The average molecular weight is 1580 g/mol. The fraction of sp³-hybridized carbons (Fsp3) is 0.190. The predicted molar refractivity (Wildman–Crippen MR) is 429 cm³/mol. The van der Waals surface area contributed by atoms with E-state index in [-0.39, 0.29) is 22.7 Å². The van der Waals surface area contributed by atoms with Crippen LogP contribution >= 0.6 is 34.8 Å². The largest absolute Gasteiger partial charge is 0.417 e. The van der Waals surface area contributed by atoms with Crippen molar-refractivity contribution in [1.29, 1.82) is 0 Å². The maximum atomic E-state index is 14.0. The van der Waals surface area contributed by atoms with Crippen molar-refractivity contribution in [2.24, 2.45) is 0 Å². The van der Waals surface area contributed by atoms with E-state index in [2.05, 4.69) is 82.0 Å². The van der Waals surface area contributed by atoms with Crippen LogP contribution in [-0.4, -0.2) is 80.7 Å². The van der Waals surface area contributed by atoms with E-state index in [9.17, 15) is 26.3 Å². The molecule has 0 amide bonds. The molecule has 0 fully saturated rings. The maximum absolute atomic E-state index is 14.0. The highest BCUT2D eigenvalue weighted by molar-refractivity contribution is 6.34. The second-order valence-electron chi connectivity index (χ2n) is 27.6. The Kier molecular flexibility index (Phi) is 20.6. The minimum absolute atomic E-state index is 0.0141. The molecule has 8 N–H and O–H groups in total. The average Bonchev–Trinajstić information content (AvgIpc) is 1.78. The summed E-state index contributed by atoms with van der Waals surface area (Å²) in [4.78, 5) is 37.6. The third-order valence-corrected chi connectivity index (χ3v) is 21.3. The van der Waals surface area contributed by atoms with Crippen LogP contribution in [0.1, 0.15) is 95.5 Å². The van der Waals surface area contributed by atoms with E-state index < -0.39 is 23.4 Å². The van der Waals surface area contributed by atoms with Crippen molar-refractivity contribution in [3.05, 3.63) is 259 Å². The highest BCUT2D eigenvalue weighted by atomic mass is 35.5. The number of benzene rings is 8. The third-order valence-electron chi connectivity index (χ3n) is 20.3. The number of nitrogens with one attached hydrogen (secondary N) is 8. The lowest BCUT2D eigenvalue weighted by molar-refractivity contribution is -0.137. The Morgan fingerprint density at radius 1 is 0.301 bits per heavy atom. The molecule has 0 saturated carbocycles. The monoisotopic (exact) mass is 1570 g/mol. The molecule has 0 bridgehead atoms. The molecule has 8 aromatic heterocycles. The molecule has 8 aromatic carbocycles. The van der Waals surface area contributed by atoms with Crippen LogP contribution in [0, 0.1) is 17.5 Å². The van der Waals surface area contributed by atoms with Gasteiger partial charge in [-0.3, -0.25) is 20.4 Å². The van der Waals surface area contributed by atoms with Crippen LogP contribution in [0.4, 0.5) is 72.9 Å². The van der Waals surface area contributed by atoms with Gasteiger partial charge in [-0.15, -0.1) is 0 Å². The van der Waals surface area contributed by atoms with Gasteiger partial charge in [-0.05, 0) is 168 Å². The van der Waals surface area contributed by atoms with Crippen molar-refractivity contribution < 1.29 is 26.3 Å². The Labute approximate surface area is 656 Å². The van der Waals surface area contributed by atoms with Gasteiger partial charge in [0.25, 0.3) is 0 Å². The van der Waals surface area contributed by atoms with Crippen LogP contribution in [-0.2, 0) is 57.5 Å². The molecular formula is C84H67Cl3F6N20. The number of anilines is 8. The van der Waals surface area contributed by atoms with Gasteiger partial charge in [0.2, 0.25) is 0 Å². The summed E-state index contributed by atoms with van der Waals surface area (Å²) in [6.45, 7) is 0. The molecule has 113 heavy (non-hydrogen) atoms. The van der Waals surface area contributed by atoms with Crippen LogP contribution in [0.15, 0.2) is 176 Å². The number of H-pyrrole nitrogens is 4. The minimum atomic E-state index is -4.49. The van der Waals surface area contributed by atoms with Gasteiger partial charge >= 0.3 is 6.18 Å². The number of para-hydroxylation sites is 3. The van der Waals surface area contributed by atoms with Gasteiger partial charge in [-0.1, -0.05) is 133 Å². The first-order chi connectivity index (χ1) is 55.1. The Balaban J connectivity index is 0.000000109. The highest BCUT2D eigenvalue weighted by Gasteiger charge is 2.35. The van der Waals surface area contributed by atoms with Gasteiger partial charge in [0.1, 0.15) is 45.9 Å². The highest BCUT2D eigenvalue weighted by Crippen LogP contribution is 2.42. The first-order valence-corrected chi connectivity index (χ1v) is 38.1. The van der Waals surface area contributed by atoms with E-state index >= 15 is 0 Å². The Morgan fingerprint density at radius 3 is 1.10 bits per heavy atom. The quantitative estimate of drug-likeness (QED) is 0.0529. The van der Waals surface area contributed by atoms with Crippen molar-refractivity contribution in [3.63, 3.8) is 0 Å². The predicted octanol–water partition coefficient (Wildman–Crippen LogP) is 21.6. The van der Waals surface area contributed by atoms with Gasteiger partial charge < -0.3 is 21.3 Å². The SMILES string of the molecule is Clc1ccccc1-c1nc2c(c(Nc3n[nH]c4ccccc34)n1)CCC2.FC(F)(F)c1ccccc1-c1nc2c(c(Nc3n[nH]c4ccccc34)n1)CCCCCC2.Fc1cc(F)c2[nH]nc(Nc3nc(-c4ccccc4Cl)nc4c3CCC4)c2c1.Fc1cccc2c(Nc3nc(-c4ccccc4Cl)nc4c3CCC4)n[nH]c12. The zero-order valence-corrected chi connectivity index (χ0v) is 62.4. The molecule has 0 atom stereocenters. The lowest BCUT2D eigenvalue weighted by atomic mass is 9.96. The molecule has 20 nitrogen and oxygen atoms in total. The standard InChI is InChI=1S/C24H22F3N5.C20H14ClF2N5.C20H15ClFN5.C20H16ClN5/c25-24(26,27)18-12-7-5-9-15(18)21-28-19-13-4-2-1-3-10-16(19)22(29-21)30-23-17-11-6-8-14-20(17)31-32-23;21-14-6-2-1-4-11(14)18-24-16-7-3-5-12(16)19(25-18)26-20-13-8-10(22)9-15(23)17(13)27-28-20;21-14-8-2-1-5-11(14)18-23-16-10-4-6-12(16)19(24-18)25-20-13-7-3-9-15(22)17(13)26-27-20;21-15-9-3-1-6-12(15)18-22-16-11-5-8-13(16)19(23-18)24-20-14-7-2-4-10-17(14)25-26-20/h5-9,11-12,14H,1-4,10,13H2,(H2,28,29,30,31,32);1-2,4,6,8-9H,3,5,7H2,(H2,24,25,26,27,28);1-3,5,7-9H,4,6,10H2,(H2,23,24,25,26,27);1-4,6-7,9-10H,5,8,11H2,(H2,22,23,24,25,26). The molecule has 20 rings (SSSR count). The second kappa shape index (κ2) is 31.8. The molecule has 566 valence electrons. The number of fused-ring (bicyclic) bond motifs is 8. The molecule has 0 unspecified atom stereocenters. The molecule has 4 aliphatic carbocycles. The molecule has 4 aliphatic rings. The van der Waals surface area contributed by atoms with E-state index in [0.29, 0.717) is 83.7 Å². The van der Waals surface area contributed by atoms with Crippen molar-refractivity contribution in [2.75, 3.05) is 21.3 Å². The summed E-state index contributed by atoms with van der Waals surface area (Å²) in [5.41, 5.74) is 12.1. The number of aryl methyl sites for hydroxylation is 4. The van der Waals surface area contributed by atoms with E-state index in [1.165, 1.54) is 29.8 Å². The first kappa shape index (κ1) is 73.4. The van der Waals surface area contributed by atoms with Gasteiger partial charge in [-0.25, -0.2) is 53.0 Å². The van der Waals surface area contributed by atoms with Crippen molar-refractivity contribution in [3.8, 4) is 45.6 Å². The summed E-state index contributed by atoms with van der Waals surface area (Å²) in [5, 5.41) is 46.4. The van der Waals surface area contributed by atoms with Gasteiger partial charge in [0.05, 0.1) is 37.1 Å². The van der Waals surface area contributed by atoms with Gasteiger partial charge in [0.15, 0.2) is 52.4 Å². The van der Waals surface area contributed by atoms with E-state index in [1.54, 1.807) is 18.2 Å². The number of hydrogen-bond acceptors (Lipinski definition) is 16. The summed E-state index contributed by atoms with van der Waals surface area (Å²) in [6, 6.07) is 50.7. The second-order valence-corrected chi connectivity index (χ2v) is 28.8. The molecule has 16 aromatic rings. The maximum Gasteiger partial charge on any atom is 0.417 e.